The first kappa shape index (κ1) is 22.3. The Kier molecular flexibility index (Phi) is 8.87. The number of pyridine rings is 1. The summed E-state index contributed by atoms with van der Waals surface area (Å²) in [6, 6.07) is 3.36. The van der Waals surface area contributed by atoms with Crippen LogP contribution in [0.25, 0.3) is 0 Å². The van der Waals surface area contributed by atoms with E-state index in [1.54, 1.807) is 19.2 Å². The number of carbonyl (C=O) groups excluding carboxylic acids is 1. The van der Waals surface area contributed by atoms with Crippen molar-refractivity contribution in [2.45, 2.75) is 39.0 Å². The topological polar surface area (TPSA) is 57.7 Å². The molecule has 1 heterocycles. The largest absolute Gasteiger partial charge is 0.493 e. The van der Waals surface area contributed by atoms with Crippen LogP contribution in [0.2, 0.25) is 10.0 Å². The predicted molar refractivity (Wildman–Crippen MR) is 111 cm³/mol. The summed E-state index contributed by atoms with van der Waals surface area (Å²) in [5, 5.41) is 0.701. The van der Waals surface area contributed by atoms with Crippen molar-refractivity contribution >= 4 is 29.0 Å². The molecule has 5 nitrogen and oxygen atoms in total. The predicted octanol–water partition coefficient (Wildman–Crippen LogP) is 5.79. The van der Waals surface area contributed by atoms with Crippen LogP contribution in [0.4, 0.5) is 0 Å². The van der Waals surface area contributed by atoms with Gasteiger partial charge in [-0.25, -0.2) is 0 Å². The van der Waals surface area contributed by atoms with Crippen LogP contribution in [0, 0.1) is 0 Å². The van der Waals surface area contributed by atoms with Crippen LogP contribution in [0.15, 0.2) is 24.5 Å². The average molecular weight is 426 g/mol. The molecule has 0 fully saturated rings. The van der Waals surface area contributed by atoms with E-state index in [1.807, 2.05) is 0 Å². The highest BCUT2D eigenvalue weighted by atomic mass is 35.5. The summed E-state index contributed by atoms with van der Waals surface area (Å²) in [5.74, 6) is 1.10. The van der Waals surface area contributed by atoms with Crippen LogP contribution >= 0.6 is 23.2 Å². The van der Waals surface area contributed by atoms with Gasteiger partial charge in [-0.1, -0.05) is 49.4 Å². The Bertz CT molecular complexity index is 791. The first-order valence-electron chi connectivity index (χ1n) is 9.22. The highest BCUT2D eigenvalue weighted by Gasteiger charge is 2.23. The second kappa shape index (κ2) is 11.1. The molecule has 0 radical (unpaired) electrons. The van der Waals surface area contributed by atoms with Crippen LogP contribution in [0.1, 0.15) is 48.5 Å². The van der Waals surface area contributed by atoms with Gasteiger partial charge in [0.25, 0.3) is 0 Å². The molecule has 7 heteroatoms. The van der Waals surface area contributed by atoms with E-state index >= 15 is 0 Å². The number of hydrogen-bond donors (Lipinski definition) is 0. The van der Waals surface area contributed by atoms with E-state index in [-0.39, 0.29) is 12.2 Å². The number of aromatic nitrogens is 1. The summed E-state index contributed by atoms with van der Waals surface area (Å²) in [6.45, 7) is 2.64. The number of nitrogens with zero attached hydrogens (tertiary/aromatic N) is 1. The lowest BCUT2D eigenvalue weighted by molar-refractivity contribution is 0.0988. The second-order valence-electron chi connectivity index (χ2n) is 6.27. The fourth-order valence-corrected chi connectivity index (χ4v) is 3.33. The number of Topliss-reactive ketones (excluding diaryl/α,β-unsaturated/α-hetero) is 1. The number of benzene rings is 1. The van der Waals surface area contributed by atoms with E-state index in [0.717, 1.165) is 25.7 Å². The van der Waals surface area contributed by atoms with E-state index in [2.05, 4.69) is 11.9 Å². The van der Waals surface area contributed by atoms with E-state index in [1.165, 1.54) is 19.5 Å². The average Bonchev–Trinajstić information content (AvgIpc) is 2.69. The molecule has 0 spiro atoms. The molecule has 0 bridgehead atoms. The van der Waals surface area contributed by atoms with Crippen molar-refractivity contribution in [2.24, 2.45) is 0 Å². The van der Waals surface area contributed by atoms with E-state index in [9.17, 15) is 4.79 Å². The Hall–Kier alpha value is -1.98. The van der Waals surface area contributed by atoms with E-state index in [4.69, 9.17) is 37.4 Å². The molecule has 0 saturated heterocycles. The number of ether oxygens (including phenoxy) is 3. The molecular weight excluding hydrogens is 401 g/mol. The van der Waals surface area contributed by atoms with Gasteiger partial charge in [0.1, 0.15) is 0 Å². The third-order valence-electron chi connectivity index (χ3n) is 4.33. The SMILES string of the molecule is CCCCCCOc1c(C(=O)Cc2c(Cl)cncc2Cl)ccc(OC)c1OC. The fourth-order valence-electron chi connectivity index (χ4n) is 2.83. The number of carbonyl (C=O) groups is 1. The number of unbranched alkanes of at least 4 members (excludes halogenated alkanes) is 3. The highest BCUT2D eigenvalue weighted by Crippen LogP contribution is 2.41. The van der Waals surface area contributed by atoms with Gasteiger partial charge in [0.2, 0.25) is 5.75 Å². The highest BCUT2D eigenvalue weighted by molar-refractivity contribution is 6.36. The maximum atomic E-state index is 13.0. The van der Waals surface area contributed by atoms with Gasteiger partial charge < -0.3 is 14.2 Å². The second-order valence-corrected chi connectivity index (χ2v) is 7.08. The van der Waals surface area contributed by atoms with Gasteiger partial charge in [-0.05, 0) is 18.6 Å². The standard InChI is InChI=1S/C21H25Cl2NO4/c1-4-5-6-7-10-28-20-14(8-9-19(26-2)21(20)27-3)18(25)11-15-16(22)12-24-13-17(15)23/h8-9,12-13H,4-7,10-11H2,1-3H3. The number of halogens is 2. The Morgan fingerprint density at radius 2 is 1.71 bits per heavy atom. The quantitative estimate of drug-likeness (QED) is 0.336. The van der Waals surface area contributed by atoms with Crippen molar-refractivity contribution in [3.63, 3.8) is 0 Å². The van der Waals surface area contributed by atoms with Crippen LogP contribution in [0.5, 0.6) is 17.2 Å². The summed E-state index contributed by atoms with van der Waals surface area (Å²) in [6.07, 6.45) is 7.20. The van der Waals surface area contributed by atoms with Gasteiger partial charge in [-0.2, -0.15) is 0 Å². The molecule has 2 aromatic rings. The lowest BCUT2D eigenvalue weighted by Crippen LogP contribution is -2.10. The van der Waals surface area contributed by atoms with E-state index < -0.39 is 0 Å². The van der Waals surface area contributed by atoms with Gasteiger partial charge in [-0.3, -0.25) is 9.78 Å². The normalized spacial score (nSPS) is 10.6. The lowest BCUT2D eigenvalue weighted by atomic mass is 10.0. The molecule has 0 saturated carbocycles. The van der Waals surface area contributed by atoms with Crippen molar-refractivity contribution in [1.29, 1.82) is 0 Å². The Morgan fingerprint density at radius 3 is 2.32 bits per heavy atom. The zero-order chi connectivity index (χ0) is 20.5. The molecule has 0 amide bonds. The molecule has 0 aliphatic rings. The third kappa shape index (κ3) is 5.52. The molecule has 152 valence electrons. The Labute approximate surface area is 175 Å². The summed E-state index contributed by atoms with van der Waals surface area (Å²) >= 11 is 12.3. The maximum Gasteiger partial charge on any atom is 0.204 e. The van der Waals surface area contributed by atoms with Crippen molar-refractivity contribution in [1.82, 2.24) is 4.98 Å². The Balaban J connectivity index is 2.32. The molecule has 0 aliphatic heterocycles. The first-order valence-corrected chi connectivity index (χ1v) is 9.97. The molecule has 0 N–H and O–H groups in total. The van der Waals surface area contributed by atoms with Crippen LogP contribution in [-0.2, 0) is 6.42 Å². The monoisotopic (exact) mass is 425 g/mol. The smallest absolute Gasteiger partial charge is 0.204 e. The van der Waals surface area contributed by atoms with Crippen molar-refractivity contribution in [3.8, 4) is 17.2 Å². The molecule has 1 aromatic carbocycles. The first-order chi connectivity index (χ1) is 13.5. The number of rotatable bonds is 11. The zero-order valence-corrected chi connectivity index (χ0v) is 17.9. The summed E-state index contributed by atoms with van der Waals surface area (Å²) in [4.78, 5) is 16.9. The van der Waals surface area contributed by atoms with E-state index in [0.29, 0.717) is 45.0 Å². The van der Waals surface area contributed by atoms with Crippen LogP contribution in [-0.4, -0.2) is 31.6 Å². The summed E-state index contributed by atoms with van der Waals surface area (Å²) < 4.78 is 16.8. The van der Waals surface area contributed by atoms with Crippen LogP contribution < -0.4 is 14.2 Å². The van der Waals surface area contributed by atoms with Gasteiger partial charge >= 0.3 is 0 Å². The van der Waals surface area contributed by atoms with Crippen molar-refractivity contribution in [3.05, 3.63) is 45.7 Å². The van der Waals surface area contributed by atoms with Crippen LogP contribution in [0.3, 0.4) is 0 Å². The maximum absolute atomic E-state index is 13.0. The third-order valence-corrected chi connectivity index (χ3v) is 4.99. The minimum Gasteiger partial charge on any atom is -0.493 e. The summed E-state index contributed by atoms with van der Waals surface area (Å²) in [5.41, 5.74) is 0.934. The molecule has 0 aliphatic carbocycles. The number of methoxy groups -OCH3 is 2. The minimum absolute atomic E-state index is 0.0296. The van der Waals surface area contributed by atoms with Crippen molar-refractivity contribution in [2.75, 3.05) is 20.8 Å². The molecule has 1 aromatic heterocycles. The minimum atomic E-state index is -0.181. The lowest BCUT2D eigenvalue weighted by Gasteiger charge is -2.17. The molecule has 0 unspecified atom stereocenters. The van der Waals surface area contributed by atoms with Gasteiger partial charge in [0.05, 0.1) is 36.4 Å². The number of hydrogen-bond acceptors (Lipinski definition) is 5. The number of ketones is 1. The fraction of sp³-hybridized carbons (Fsp3) is 0.429. The molecule has 28 heavy (non-hydrogen) atoms. The van der Waals surface area contributed by atoms with Gasteiger partial charge in [0, 0.05) is 24.4 Å². The summed E-state index contributed by atoms with van der Waals surface area (Å²) in [7, 11) is 3.06. The molecule has 2 rings (SSSR count). The van der Waals surface area contributed by atoms with Gasteiger partial charge in [-0.15, -0.1) is 0 Å². The van der Waals surface area contributed by atoms with Gasteiger partial charge in [0.15, 0.2) is 17.3 Å². The zero-order valence-electron chi connectivity index (χ0n) is 16.4. The Morgan fingerprint density at radius 1 is 1.00 bits per heavy atom. The molecule has 0 atom stereocenters. The molecular formula is C21H25Cl2NO4. The van der Waals surface area contributed by atoms with Crippen molar-refractivity contribution < 1.29 is 19.0 Å².